The third-order valence-electron chi connectivity index (χ3n) is 2.47. The Morgan fingerprint density at radius 2 is 2.00 bits per heavy atom. The van der Waals surface area contributed by atoms with Crippen LogP contribution >= 0.6 is 15.9 Å². The highest BCUT2D eigenvalue weighted by molar-refractivity contribution is 9.10. The van der Waals surface area contributed by atoms with E-state index in [0.29, 0.717) is 5.75 Å². The normalized spacial score (nSPS) is 11.6. The molecule has 3 nitrogen and oxygen atoms in total. The van der Waals surface area contributed by atoms with Gasteiger partial charge in [-0.25, -0.2) is 4.79 Å². The van der Waals surface area contributed by atoms with Gasteiger partial charge in [0.25, 0.3) is 0 Å². The van der Waals surface area contributed by atoms with Crippen molar-refractivity contribution in [3.05, 3.63) is 28.2 Å². The number of carboxylic acids is 1. The number of benzene rings is 1. The number of rotatable bonds is 4. The van der Waals surface area contributed by atoms with Gasteiger partial charge in [-0.2, -0.15) is 0 Å². The molecule has 17 heavy (non-hydrogen) atoms. The van der Waals surface area contributed by atoms with Crippen molar-refractivity contribution >= 4 is 21.9 Å². The van der Waals surface area contributed by atoms with Crippen molar-refractivity contribution in [2.75, 3.05) is 0 Å². The number of aliphatic carboxylic acids is 1. The van der Waals surface area contributed by atoms with Gasteiger partial charge < -0.3 is 9.84 Å². The van der Waals surface area contributed by atoms with E-state index in [1.807, 2.05) is 26.0 Å². The molecule has 0 aliphatic heterocycles. The predicted molar refractivity (Wildman–Crippen MR) is 70.6 cm³/mol. The summed E-state index contributed by atoms with van der Waals surface area (Å²) in [6, 6.07) is 5.60. The predicted octanol–water partition coefficient (Wildman–Crippen LogP) is 3.81. The average Bonchev–Trinajstić information content (AvgIpc) is 2.19. The zero-order valence-electron chi connectivity index (χ0n) is 10.5. The lowest BCUT2D eigenvalue weighted by Crippen LogP contribution is -2.38. The zero-order chi connectivity index (χ0) is 13.2. The lowest BCUT2D eigenvalue weighted by atomic mass is 10.0. The summed E-state index contributed by atoms with van der Waals surface area (Å²) in [6.45, 7) is 7.17. The van der Waals surface area contributed by atoms with Gasteiger partial charge in [-0.15, -0.1) is 0 Å². The fraction of sp³-hybridized carbons (Fsp3) is 0.462. The van der Waals surface area contributed by atoms with Crippen molar-refractivity contribution in [3.63, 3.8) is 0 Å². The molecule has 1 aromatic rings. The number of hydrogen-bond acceptors (Lipinski definition) is 2. The summed E-state index contributed by atoms with van der Waals surface area (Å²) in [6.07, 6.45) is 0. The SMILES string of the molecule is CC(C)c1cc(Br)ccc1OC(C)(C)C(=O)O. The second-order valence-electron chi connectivity index (χ2n) is 4.75. The van der Waals surface area contributed by atoms with Crippen LogP contribution in [-0.4, -0.2) is 16.7 Å². The van der Waals surface area contributed by atoms with E-state index in [1.165, 1.54) is 0 Å². The van der Waals surface area contributed by atoms with Gasteiger partial charge in [0, 0.05) is 4.47 Å². The Morgan fingerprint density at radius 3 is 2.47 bits per heavy atom. The molecule has 0 aromatic heterocycles. The summed E-state index contributed by atoms with van der Waals surface area (Å²) in [4.78, 5) is 11.0. The van der Waals surface area contributed by atoms with E-state index in [0.717, 1.165) is 10.0 Å². The molecule has 1 rings (SSSR count). The maximum absolute atomic E-state index is 11.0. The van der Waals surface area contributed by atoms with Gasteiger partial charge in [0.05, 0.1) is 0 Å². The maximum atomic E-state index is 11.0. The topological polar surface area (TPSA) is 46.5 Å². The van der Waals surface area contributed by atoms with Crippen molar-refractivity contribution in [2.24, 2.45) is 0 Å². The summed E-state index contributed by atoms with van der Waals surface area (Å²) < 4.78 is 6.55. The number of carboxylic acid groups (broad SMARTS) is 1. The largest absolute Gasteiger partial charge is 0.478 e. The van der Waals surface area contributed by atoms with Crippen LogP contribution in [0.25, 0.3) is 0 Å². The van der Waals surface area contributed by atoms with Gasteiger partial charge in [0.1, 0.15) is 5.75 Å². The minimum absolute atomic E-state index is 0.270. The van der Waals surface area contributed by atoms with Crippen LogP contribution in [0, 0.1) is 0 Å². The first kappa shape index (κ1) is 14.0. The second kappa shape index (κ2) is 5.08. The Labute approximate surface area is 110 Å². The second-order valence-corrected chi connectivity index (χ2v) is 5.67. The zero-order valence-corrected chi connectivity index (χ0v) is 12.0. The molecule has 0 bridgehead atoms. The van der Waals surface area contributed by atoms with E-state index < -0.39 is 11.6 Å². The van der Waals surface area contributed by atoms with E-state index >= 15 is 0 Å². The van der Waals surface area contributed by atoms with E-state index in [4.69, 9.17) is 9.84 Å². The lowest BCUT2D eigenvalue weighted by molar-refractivity contribution is -0.152. The highest BCUT2D eigenvalue weighted by Crippen LogP contribution is 2.31. The fourth-order valence-electron chi connectivity index (χ4n) is 1.38. The lowest BCUT2D eigenvalue weighted by Gasteiger charge is -2.24. The molecule has 0 aliphatic rings. The molecule has 0 fully saturated rings. The van der Waals surface area contributed by atoms with Crippen LogP contribution in [0.2, 0.25) is 0 Å². The van der Waals surface area contributed by atoms with E-state index in [9.17, 15) is 4.79 Å². The molecule has 0 atom stereocenters. The van der Waals surface area contributed by atoms with Gasteiger partial charge in [0.15, 0.2) is 5.60 Å². The summed E-state index contributed by atoms with van der Waals surface area (Å²) in [5, 5.41) is 9.05. The summed E-state index contributed by atoms with van der Waals surface area (Å²) in [7, 11) is 0. The Hall–Kier alpha value is -1.03. The van der Waals surface area contributed by atoms with E-state index in [2.05, 4.69) is 15.9 Å². The van der Waals surface area contributed by atoms with Crippen molar-refractivity contribution < 1.29 is 14.6 Å². The van der Waals surface area contributed by atoms with Crippen molar-refractivity contribution in [3.8, 4) is 5.75 Å². The summed E-state index contributed by atoms with van der Waals surface area (Å²) in [5.41, 5.74) is -0.231. The highest BCUT2D eigenvalue weighted by atomic mass is 79.9. The van der Waals surface area contributed by atoms with Crippen LogP contribution in [0.1, 0.15) is 39.2 Å². The third kappa shape index (κ3) is 3.46. The first-order valence-electron chi connectivity index (χ1n) is 5.46. The molecule has 0 unspecified atom stereocenters. The number of halogens is 1. The molecule has 0 saturated heterocycles. The quantitative estimate of drug-likeness (QED) is 0.919. The van der Waals surface area contributed by atoms with Crippen molar-refractivity contribution in [2.45, 2.75) is 39.2 Å². The maximum Gasteiger partial charge on any atom is 0.347 e. The molecule has 0 amide bonds. The third-order valence-corrected chi connectivity index (χ3v) is 2.97. The van der Waals surface area contributed by atoms with Crippen LogP contribution in [-0.2, 0) is 4.79 Å². The molecule has 0 radical (unpaired) electrons. The van der Waals surface area contributed by atoms with Gasteiger partial charge in [-0.1, -0.05) is 29.8 Å². The van der Waals surface area contributed by atoms with Crippen molar-refractivity contribution in [1.29, 1.82) is 0 Å². The first-order valence-corrected chi connectivity index (χ1v) is 6.25. The van der Waals surface area contributed by atoms with Gasteiger partial charge >= 0.3 is 5.97 Å². The van der Waals surface area contributed by atoms with E-state index in [1.54, 1.807) is 19.9 Å². The van der Waals surface area contributed by atoms with E-state index in [-0.39, 0.29) is 5.92 Å². The smallest absolute Gasteiger partial charge is 0.347 e. The Balaban J connectivity index is 3.10. The van der Waals surface area contributed by atoms with Crippen LogP contribution in [0.15, 0.2) is 22.7 Å². The molecule has 0 saturated carbocycles. The molecule has 0 aliphatic carbocycles. The van der Waals surface area contributed by atoms with Crippen LogP contribution in [0.3, 0.4) is 0 Å². The average molecular weight is 301 g/mol. The standard InChI is InChI=1S/C13H17BrO3/c1-8(2)10-7-9(14)5-6-11(10)17-13(3,4)12(15)16/h5-8H,1-4H3,(H,15,16). The molecular formula is C13H17BrO3. The molecule has 1 N–H and O–H groups in total. The molecule has 4 heteroatoms. The van der Waals surface area contributed by atoms with Gasteiger partial charge in [0.2, 0.25) is 0 Å². The molecule has 0 heterocycles. The first-order chi connectivity index (χ1) is 7.74. The Kier molecular flexibility index (Phi) is 4.20. The van der Waals surface area contributed by atoms with Gasteiger partial charge in [-0.05, 0) is 43.5 Å². The highest BCUT2D eigenvalue weighted by Gasteiger charge is 2.30. The minimum Gasteiger partial charge on any atom is -0.478 e. The Bertz CT molecular complexity index is 425. The molecule has 1 aromatic carbocycles. The molecule has 94 valence electrons. The minimum atomic E-state index is -1.22. The summed E-state index contributed by atoms with van der Waals surface area (Å²) in [5.74, 6) is -0.0854. The van der Waals surface area contributed by atoms with Crippen LogP contribution in [0.5, 0.6) is 5.75 Å². The Morgan fingerprint density at radius 1 is 1.41 bits per heavy atom. The fourth-order valence-corrected chi connectivity index (χ4v) is 1.76. The summed E-state index contributed by atoms with van der Waals surface area (Å²) >= 11 is 3.40. The van der Waals surface area contributed by atoms with Crippen LogP contribution < -0.4 is 4.74 Å². The monoisotopic (exact) mass is 300 g/mol. The van der Waals surface area contributed by atoms with Crippen molar-refractivity contribution in [1.82, 2.24) is 0 Å². The van der Waals surface area contributed by atoms with Gasteiger partial charge in [-0.3, -0.25) is 0 Å². The number of carbonyl (C=O) groups is 1. The number of hydrogen-bond donors (Lipinski definition) is 1. The number of ether oxygens (including phenoxy) is 1. The molecule has 0 spiro atoms. The molecular weight excluding hydrogens is 284 g/mol. The van der Waals surface area contributed by atoms with Crippen LogP contribution in [0.4, 0.5) is 0 Å².